The zero-order valence-corrected chi connectivity index (χ0v) is 17.0. The number of rotatable bonds is 6. The van der Waals surface area contributed by atoms with E-state index >= 15 is 0 Å². The van der Waals surface area contributed by atoms with Crippen LogP contribution in [-0.2, 0) is 16.6 Å². The molecule has 0 amide bonds. The van der Waals surface area contributed by atoms with E-state index < -0.39 is 10.0 Å². The van der Waals surface area contributed by atoms with Crippen LogP contribution in [0.25, 0.3) is 0 Å². The van der Waals surface area contributed by atoms with Gasteiger partial charge < -0.3 is 4.57 Å². The molecule has 3 rings (SSSR count). The molecule has 1 aromatic carbocycles. The van der Waals surface area contributed by atoms with Crippen LogP contribution in [-0.4, -0.2) is 60.7 Å². The molecule has 0 unspecified atom stereocenters. The molecule has 1 saturated heterocycles. The lowest BCUT2D eigenvalue weighted by Crippen LogP contribution is -2.49. The molecule has 0 saturated carbocycles. The summed E-state index contributed by atoms with van der Waals surface area (Å²) in [6, 6.07) is 10.5. The van der Waals surface area contributed by atoms with Gasteiger partial charge in [-0.05, 0) is 39.0 Å². The van der Waals surface area contributed by atoms with Crippen LogP contribution in [0.15, 0.2) is 41.3 Å². The number of carbonyl (C=O) groups excluding carboxylic acids is 1. The first-order valence-corrected chi connectivity index (χ1v) is 10.8. The van der Waals surface area contributed by atoms with Crippen LogP contribution in [0.2, 0.25) is 0 Å². The number of carbonyl (C=O) groups is 1. The molecule has 1 aromatic heterocycles. The van der Waals surface area contributed by atoms with Crippen molar-refractivity contribution >= 4 is 15.8 Å². The molecule has 0 aliphatic carbocycles. The smallest absolute Gasteiger partial charge is 0.243 e. The molecule has 0 atom stereocenters. The number of aromatic nitrogens is 1. The van der Waals surface area contributed by atoms with Gasteiger partial charge in [-0.15, -0.1) is 0 Å². The Morgan fingerprint density at radius 1 is 1.04 bits per heavy atom. The fraction of sp³-hybridized carbons (Fsp3) is 0.450. The van der Waals surface area contributed by atoms with Gasteiger partial charge in [0.2, 0.25) is 10.0 Å². The monoisotopic (exact) mass is 389 g/mol. The van der Waals surface area contributed by atoms with Crippen LogP contribution < -0.4 is 0 Å². The summed E-state index contributed by atoms with van der Waals surface area (Å²) in [6.07, 6.45) is 0. The van der Waals surface area contributed by atoms with Crippen LogP contribution in [0, 0.1) is 13.8 Å². The van der Waals surface area contributed by atoms with Crippen LogP contribution in [0.5, 0.6) is 0 Å². The van der Waals surface area contributed by atoms with E-state index in [1.165, 1.54) is 4.31 Å². The van der Waals surface area contributed by atoms with E-state index in [1.54, 1.807) is 30.3 Å². The molecule has 146 valence electrons. The second kappa shape index (κ2) is 7.96. The molecule has 0 radical (unpaired) electrons. The number of benzene rings is 1. The number of sulfonamides is 1. The quantitative estimate of drug-likeness (QED) is 0.712. The van der Waals surface area contributed by atoms with E-state index in [0.29, 0.717) is 37.6 Å². The van der Waals surface area contributed by atoms with E-state index in [1.807, 2.05) is 24.8 Å². The van der Waals surface area contributed by atoms with Gasteiger partial charge in [0.25, 0.3) is 0 Å². The third kappa shape index (κ3) is 4.00. The zero-order valence-electron chi connectivity index (χ0n) is 16.2. The first kappa shape index (κ1) is 19.8. The van der Waals surface area contributed by atoms with Gasteiger partial charge in [-0.3, -0.25) is 9.69 Å². The molecule has 6 nitrogen and oxygen atoms in total. The lowest BCUT2D eigenvalue weighted by molar-refractivity contribution is 0.0901. The highest BCUT2D eigenvalue weighted by Crippen LogP contribution is 2.19. The second-order valence-electron chi connectivity index (χ2n) is 6.95. The normalized spacial score (nSPS) is 16.6. The Morgan fingerprint density at radius 2 is 1.67 bits per heavy atom. The highest BCUT2D eigenvalue weighted by molar-refractivity contribution is 7.89. The Kier molecular flexibility index (Phi) is 5.83. The Morgan fingerprint density at radius 3 is 2.22 bits per heavy atom. The number of hydrogen-bond acceptors (Lipinski definition) is 4. The molecular formula is C20H27N3O3S. The van der Waals surface area contributed by atoms with Gasteiger partial charge in [0, 0.05) is 49.7 Å². The molecule has 7 heteroatoms. The number of Topliss-reactive ketones (excluding diaryl/α,β-unsaturated/α-hetero) is 1. The van der Waals surface area contributed by atoms with E-state index in [2.05, 4.69) is 11.5 Å². The lowest BCUT2D eigenvalue weighted by atomic mass is 10.1. The Hall–Kier alpha value is -1.96. The average Bonchev–Trinajstić information content (AvgIpc) is 2.96. The molecule has 1 aliphatic heterocycles. The van der Waals surface area contributed by atoms with Gasteiger partial charge in [-0.2, -0.15) is 4.31 Å². The number of hydrogen-bond donors (Lipinski definition) is 0. The number of ketones is 1. The van der Waals surface area contributed by atoms with Crippen molar-refractivity contribution in [2.75, 3.05) is 32.7 Å². The minimum atomic E-state index is -3.46. The number of nitrogens with zero attached hydrogens (tertiary/aromatic N) is 3. The largest absolute Gasteiger partial charge is 0.349 e. The van der Waals surface area contributed by atoms with Crippen molar-refractivity contribution in [3.8, 4) is 0 Å². The summed E-state index contributed by atoms with van der Waals surface area (Å²) in [5.41, 5.74) is 2.87. The highest BCUT2D eigenvalue weighted by atomic mass is 32.2. The average molecular weight is 390 g/mol. The molecule has 0 spiro atoms. The molecule has 27 heavy (non-hydrogen) atoms. The van der Waals surface area contributed by atoms with Gasteiger partial charge in [0.15, 0.2) is 5.78 Å². The fourth-order valence-corrected chi connectivity index (χ4v) is 5.17. The standard InChI is InChI=1S/C20H27N3O3S/c1-4-23-16(2)14-19(17(23)3)20(24)15-21-10-12-22(13-11-21)27(25,26)18-8-6-5-7-9-18/h5-9,14H,4,10-13,15H2,1-3H3. The molecule has 1 aliphatic rings. The summed E-state index contributed by atoms with van der Waals surface area (Å²) in [6.45, 7) is 9.16. The Balaban J connectivity index is 1.62. The Bertz CT molecular complexity index is 911. The van der Waals surface area contributed by atoms with E-state index in [-0.39, 0.29) is 5.78 Å². The molecular weight excluding hydrogens is 362 g/mol. The van der Waals surface area contributed by atoms with E-state index in [4.69, 9.17) is 0 Å². The van der Waals surface area contributed by atoms with Gasteiger partial charge in [-0.1, -0.05) is 18.2 Å². The van der Waals surface area contributed by atoms with Crippen molar-refractivity contribution in [2.45, 2.75) is 32.2 Å². The van der Waals surface area contributed by atoms with Crippen molar-refractivity contribution in [1.29, 1.82) is 0 Å². The van der Waals surface area contributed by atoms with Crippen LogP contribution in [0.3, 0.4) is 0 Å². The van der Waals surface area contributed by atoms with Crippen molar-refractivity contribution in [3.05, 3.63) is 53.3 Å². The maximum Gasteiger partial charge on any atom is 0.243 e. The summed E-state index contributed by atoms with van der Waals surface area (Å²) >= 11 is 0. The van der Waals surface area contributed by atoms with Crippen molar-refractivity contribution in [2.24, 2.45) is 0 Å². The molecule has 1 fully saturated rings. The van der Waals surface area contributed by atoms with E-state index in [9.17, 15) is 13.2 Å². The summed E-state index contributed by atoms with van der Waals surface area (Å²) in [5.74, 6) is 0.0992. The number of piperazine rings is 1. The van der Waals surface area contributed by atoms with Crippen molar-refractivity contribution < 1.29 is 13.2 Å². The highest BCUT2D eigenvalue weighted by Gasteiger charge is 2.29. The SMILES string of the molecule is CCn1c(C)cc(C(=O)CN2CCN(S(=O)(=O)c3ccccc3)CC2)c1C. The Labute approximate surface area is 161 Å². The van der Waals surface area contributed by atoms with Gasteiger partial charge in [0.1, 0.15) is 0 Å². The minimum absolute atomic E-state index is 0.0992. The number of aryl methyl sites for hydroxylation is 1. The summed E-state index contributed by atoms with van der Waals surface area (Å²) in [7, 11) is -3.46. The van der Waals surface area contributed by atoms with Crippen LogP contribution >= 0.6 is 0 Å². The summed E-state index contributed by atoms with van der Waals surface area (Å²) in [4.78, 5) is 15.1. The third-order valence-corrected chi connectivity index (χ3v) is 7.18. The van der Waals surface area contributed by atoms with Crippen LogP contribution in [0.4, 0.5) is 0 Å². The molecule has 2 aromatic rings. The van der Waals surface area contributed by atoms with Gasteiger partial charge >= 0.3 is 0 Å². The van der Waals surface area contributed by atoms with Gasteiger partial charge in [-0.25, -0.2) is 8.42 Å². The first-order valence-electron chi connectivity index (χ1n) is 9.32. The maximum atomic E-state index is 12.7. The predicted molar refractivity (Wildman–Crippen MR) is 106 cm³/mol. The summed E-state index contributed by atoms with van der Waals surface area (Å²) in [5, 5.41) is 0. The molecule has 0 N–H and O–H groups in total. The predicted octanol–water partition coefficient (Wildman–Crippen LogP) is 2.31. The maximum absolute atomic E-state index is 12.7. The molecule has 2 heterocycles. The first-order chi connectivity index (χ1) is 12.8. The minimum Gasteiger partial charge on any atom is -0.349 e. The van der Waals surface area contributed by atoms with Gasteiger partial charge in [0.05, 0.1) is 11.4 Å². The second-order valence-corrected chi connectivity index (χ2v) is 8.88. The van der Waals surface area contributed by atoms with E-state index in [0.717, 1.165) is 23.5 Å². The van der Waals surface area contributed by atoms with Crippen molar-refractivity contribution in [3.63, 3.8) is 0 Å². The zero-order chi connectivity index (χ0) is 19.6. The lowest BCUT2D eigenvalue weighted by Gasteiger charge is -2.33. The fourth-order valence-electron chi connectivity index (χ4n) is 3.73. The van der Waals surface area contributed by atoms with Crippen LogP contribution in [0.1, 0.15) is 28.7 Å². The third-order valence-electron chi connectivity index (χ3n) is 5.27. The topological polar surface area (TPSA) is 62.6 Å². The summed E-state index contributed by atoms with van der Waals surface area (Å²) < 4.78 is 29.0. The van der Waals surface area contributed by atoms with Crippen molar-refractivity contribution in [1.82, 2.24) is 13.8 Å². The molecule has 0 bridgehead atoms.